The molecule has 1 unspecified atom stereocenters. The number of nitrogens with two attached hydrogens (primary N) is 1. The molecule has 1 fully saturated rings. The molecule has 1 aliphatic heterocycles. The van der Waals surface area contributed by atoms with Gasteiger partial charge in [-0.25, -0.2) is 22.7 Å². The van der Waals surface area contributed by atoms with Crippen LogP contribution < -0.4 is 10.5 Å². The van der Waals surface area contributed by atoms with E-state index < -0.39 is 21.9 Å². The van der Waals surface area contributed by atoms with Gasteiger partial charge in [-0.2, -0.15) is 0 Å². The number of anilines is 1. The number of carbonyl (C=O) groups is 1. The maximum Gasteiger partial charge on any atom is 0.321 e. The molecule has 1 aromatic carbocycles. The van der Waals surface area contributed by atoms with Gasteiger partial charge in [0.15, 0.2) is 0 Å². The molecule has 6 nitrogen and oxygen atoms in total. The molecule has 1 aliphatic rings. The summed E-state index contributed by atoms with van der Waals surface area (Å²) in [7, 11) is -3.94. The summed E-state index contributed by atoms with van der Waals surface area (Å²) in [6, 6.07) is 2.61. The first-order valence-electron chi connectivity index (χ1n) is 6.65. The van der Waals surface area contributed by atoms with Crippen LogP contribution in [0.1, 0.15) is 19.8 Å². The molecular weight excluding hydrogens is 297 g/mol. The van der Waals surface area contributed by atoms with Crippen molar-refractivity contribution in [3.05, 3.63) is 24.0 Å². The van der Waals surface area contributed by atoms with E-state index in [9.17, 15) is 17.6 Å². The number of carbonyl (C=O) groups excluding carboxylic acids is 1. The molecule has 2 amide bonds. The molecule has 1 aromatic rings. The lowest BCUT2D eigenvalue weighted by atomic mass is 10.0. The van der Waals surface area contributed by atoms with E-state index in [1.165, 1.54) is 0 Å². The SMILES string of the molecule is CC1CCCN(C(=O)Nc2cc(S(N)(=O)=O)ccc2F)C1. The largest absolute Gasteiger partial charge is 0.324 e. The number of primary sulfonamides is 1. The van der Waals surface area contributed by atoms with E-state index in [1.807, 2.05) is 6.92 Å². The second-order valence-electron chi connectivity index (χ2n) is 5.31. The van der Waals surface area contributed by atoms with Crippen LogP contribution in [0.5, 0.6) is 0 Å². The molecule has 0 bridgehead atoms. The van der Waals surface area contributed by atoms with E-state index in [4.69, 9.17) is 5.14 Å². The van der Waals surface area contributed by atoms with Crippen LogP contribution in [0.15, 0.2) is 23.1 Å². The maximum atomic E-state index is 13.7. The number of nitrogens with zero attached hydrogens (tertiary/aromatic N) is 1. The Kier molecular flexibility index (Phi) is 4.48. The smallest absolute Gasteiger partial charge is 0.321 e. The number of urea groups is 1. The molecule has 1 saturated heterocycles. The van der Waals surface area contributed by atoms with Crippen LogP contribution in [-0.4, -0.2) is 32.4 Å². The highest BCUT2D eigenvalue weighted by Crippen LogP contribution is 2.21. The minimum atomic E-state index is -3.94. The van der Waals surface area contributed by atoms with Gasteiger partial charge in [-0.15, -0.1) is 0 Å². The Morgan fingerprint density at radius 1 is 1.48 bits per heavy atom. The van der Waals surface area contributed by atoms with Gasteiger partial charge in [-0.05, 0) is 37.0 Å². The first kappa shape index (κ1) is 15.7. The number of sulfonamides is 1. The third-order valence-electron chi connectivity index (χ3n) is 3.45. The number of halogens is 1. The highest BCUT2D eigenvalue weighted by atomic mass is 32.2. The number of piperidine rings is 1. The predicted molar refractivity (Wildman–Crippen MR) is 76.8 cm³/mol. The van der Waals surface area contributed by atoms with Crippen molar-refractivity contribution in [2.24, 2.45) is 11.1 Å². The zero-order chi connectivity index (χ0) is 15.6. The lowest BCUT2D eigenvalue weighted by Crippen LogP contribution is -2.41. The lowest BCUT2D eigenvalue weighted by Gasteiger charge is -2.31. The Balaban J connectivity index is 2.17. The Morgan fingerprint density at radius 2 is 2.19 bits per heavy atom. The van der Waals surface area contributed by atoms with Gasteiger partial charge < -0.3 is 10.2 Å². The summed E-state index contributed by atoms with van der Waals surface area (Å²) in [5, 5.41) is 7.40. The number of likely N-dealkylation sites (tertiary alicyclic amines) is 1. The summed E-state index contributed by atoms with van der Waals surface area (Å²) >= 11 is 0. The molecule has 1 heterocycles. The predicted octanol–water partition coefficient (Wildman–Crippen LogP) is 1.74. The van der Waals surface area contributed by atoms with Crippen molar-refractivity contribution in [3.63, 3.8) is 0 Å². The minimum Gasteiger partial charge on any atom is -0.324 e. The third kappa shape index (κ3) is 3.92. The van der Waals surface area contributed by atoms with Gasteiger partial charge in [0.2, 0.25) is 10.0 Å². The summed E-state index contributed by atoms with van der Waals surface area (Å²) in [4.78, 5) is 13.4. The van der Waals surface area contributed by atoms with Crippen molar-refractivity contribution >= 4 is 21.7 Å². The minimum absolute atomic E-state index is 0.190. The van der Waals surface area contributed by atoms with Crippen molar-refractivity contribution in [2.45, 2.75) is 24.7 Å². The zero-order valence-corrected chi connectivity index (χ0v) is 12.5. The van der Waals surface area contributed by atoms with Crippen molar-refractivity contribution in [2.75, 3.05) is 18.4 Å². The first-order chi connectivity index (χ1) is 9.77. The number of amides is 2. The number of benzene rings is 1. The van der Waals surface area contributed by atoms with E-state index in [1.54, 1.807) is 4.90 Å². The fourth-order valence-corrected chi connectivity index (χ4v) is 2.89. The Labute approximate surface area is 123 Å². The molecule has 0 radical (unpaired) electrons. The molecule has 116 valence electrons. The van der Waals surface area contributed by atoms with Crippen molar-refractivity contribution in [3.8, 4) is 0 Å². The fourth-order valence-electron chi connectivity index (χ4n) is 2.35. The summed E-state index contributed by atoms with van der Waals surface area (Å²) in [5.41, 5.74) is -0.190. The maximum absolute atomic E-state index is 13.7. The summed E-state index contributed by atoms with van der Waals surface area (Å²) in [6.07, 6.45) is 1.95. The third-order valence-corrected chi connectivity index (χ3v) is 4.36. The van der Waals surface area contributed by atoms with Gasteiger partial charge in [0.25, 0.3) is 0 Å². The van der Waals surface area contributed by atoms with Crippen molar-refractivity contribution in [1.29, 1.82) is 0 Å². The Bertz CT molecular complexity index is 648. The molecule has 21 heavy (non-hydrogen) atoms. The van der Waals surface area contributed by atoms with Crippen LogP contribution in [0.2, 0.25) is 0 Å². The van der Waals surface area contributed by atoms with Gasteiger partial charge in [-0.3, -0.25) is 0 Å². The van der Waals surface area contributed by atoms with Crippen LogP contribution in [0.3, 0.4) is 0 Å². The lowest BCUT2D eigenvalue weighted by molar-refractivity contribution is 0.182. The molecule has 8 heteroatoms. The average molecular weight is 315 g/mol. The monoisotopic (exact) mass is 315 g/mol. The summed E-state index contributed by atoms with van der Waals surface area (Å²) in [6.45, 7) is 3.25. The number of hydrogen-bond acceptors (Lipinski definition) is 3. The standard InChI is InChI=1S/C13H18FN3O3S/c1-9-3-2-6-17(8-9)13(18)16-12-7-10(21(15,19)20)4-5-11(12)14/h4-5,7,9H,2-3,6,8H2,1H3,(H,16,18)(H2,15,19,20). The van der Waals surface area contributed by atoms with Crippen LogP contribution in [0.4, 0.5) is 14.9 Å². The molecule has 1 atom stereocenters. The van der Waals surface area contributed by atoms with Crippen molar-refractivity contribution in [1.82, 2.24) is 4.90 Å². The number of nitrogens with one attached hydrogen (secondary N) is 1. The molecule has 0 aliphatic carbocycles. The molecule has 2 rings (SSSR count). The first-order valence-corrected chi connectivity index (χ1v) is 8.20. The highest BCUT2D eigenvalue weighted by Gasteiger charge is 2.22. The molecule has 0 saturated carbocycles. The second kappa shape index (κ2) is 5.98. The van der Waals surface area contributed by atoms with E-state index in [0.717, 1.165) is 31.0 Å². The topological polar surface area (TPSA) is 92.5 Å². The van der Waals surface area contributed by atoms with Gasteiger partial charge in [0.1, 0.15) is 5.82 Å². The van der Waals surface area contributed by atoms with E-state index >= 15 is 0 Å². The number of rotatable bonds is 2. The van der Waals surface area contributed by atoms with Gasteiger partial charge >= 0.3 is 6.03 Å². The normalized spacial score (nSPS) is 19.4. The van der Waals surface area contributed by atoms with E-state index in [-0.39, 0.29) is 10.6 Å². The molecule has 0 spiro atoms. The van der Waals surface area contributed by atoms with Crippen LogP contribution in [0, 0.1) is 11.7 Å². The highest BCUT2D eigenvalue weighted by molar-refractivity contribution is 7.89. The summed E-state index contributed by atoms with van der Waals surface area (Å²) in [5.74, 6) is -0.314. The molecular formula is C13H18FN3O3S. The quantitative estimate of drug-likeness (QED) is 0.870. The number of hydrogen-bond donors (Lipinski definition) is 2. The van der Waals surface area contributed by atoms with E-state index in [2.05, 4.69) is 5.32 Å². The van der Waals surface area contributed by atoms with Crippen LogP contribution >= 0.6 is 0 Å². The fraction of sp³-hybridized carbons (Fsp3) is 0.462. The molecule has 3 N–H and O–H groups in total. The van der Waals surface area contributed by atoms with Gasteiger partial charge in [0, 0.05) is 13.1 Å². The average Bonchev–Trinajstić information content (AvgIpc) is 2.40. The van der Waals surface area contributed by atoms with E-state index in [0.29, 0.717) is 19.0 Å². The zero-order valence-electron chi connectivity index (χ0n) is 11.7. The summed E-state index contributed by atoms with van der Waals surface area (Å²) < 4.78 is 36.2. The second-order valence-corrected chi connectivity index (χ2v) is 6.87. The Morgan fingerprint density at radius 3 is 2.81 bits per heavy atom. The van der Waals surface area contributed by atoms with Crippen molar-refractivity contribution < 1.29 is 17.6 Å². The Hall–Kier alpha value is -1.67. The van der Waals surface area contributed by atoms with Gasteiger partial charge in [-0.1, -0.05) is 6.92 Å². The van der Waals surface area contributed by atoms with Crippen LogP contribution in [0.25, 0.3) is 0 Å². The molecule has 0 aromatic heterocycles. The van der Waals surface area contributed by atoms with Gasteiger partial charge in [0.05, 0.1) is 10.6 Å². The van der Waals surface area contributed by atoms with Crippen LogP contribution in [-0.2, 0) is 10.0 Å².